The molecule has 44 heavy (non-hydrogen) atoms. The van der Waals surface area contributed by atoms with Crippen LogP contribution in [0.15, 0.2) is 126 Å². The topological polar surface area (TPSA) is 53.3 Å². The molecule has 0 spiro atoms. The third-order valence-electron chi connectivity index (χ3n) is 9.22. The number of pyridine rings is 1. The quantitative estimate of drug-likeness (QED) is 0.218. The van der Waals surface area contributed by atoms with Gasteiger partial charge in [-0.3, -0.25) is 0 Å². The Kier molecular flexibility index (Phi) is 4.77. The van der Waals surface area contributed by atoms with Crippen molar-refractivity contribution >= 4 is 50.7 Å². The van der Waals surface area contributed by atoms with Gasteiger partial charge in [0, 0.05) is 34.0 Å². The van der Waals surface area contributed by atoms with E-state index in [0.717, 1.165) is 79.2 Å². The van der Waals surface area contributed by atoms with E-state index in [9.17, 15) is 0 Å². The molecule has 0 saturated carbocycles. The highest BCUT2D eigenvalue weighted by atomic mass is 16.3. The molecular weight excluding hydrogens is 540 g/mol. The van der Waals surface area contributed by atoms with Crippen LogP contribution in [0.3, 0.4) is 0 Å². The standard InChI is InChI=1S/C39H26N4O/c1-2-8-29-28(7-1)38-37(43-33-10-4-3-9-32(33)42-39(29)43)30-22-27(18-20-34(30)44-38)23-11-13-24(14-12-23)31-19-17-26-16-15-25-6-5-21-40-35(25)36(26)41-31/h1-20,22,39-40,42H,21H2. The van der Waals surface area contributed by atoms with Gasteiger partial charge in [-0.1, -0.05) is 97.1 Å². The van der Waals surface area contributed by atoms with Crippen LogP contribution in [0.1, 0.15) is 17.3 Å². The van der Waals surface area contributed by atoms with Gasteiger partial charge in [-0.15, -0.1) is 0 Å². The number of hydrogen-bond donors (Lipinski definition) is 2. The molecule has 5 heteroatoms. The van der Waals surface area contributed by atoms with Crippen LogP contribution in [0.2, 0.25) is 0 Å². The SMILES string of the molecule is C1=Cc2ccc3ccc(-c4ccc(-c5ccc6oc7c(c6c5)N5c6ccccc6NC5c5ccccc5-7)cc4)nc3c2NC1. The van der Waals surface area contributed by atoms with Crippen LogP contribution < -0.4 is 15.5 Å². The van der Waals surface area contributed by atoms with Crippen molar-refractivity contribution in [2.45, 2.75) is 6.17 Å². The predicted molar refractivity (Wildman–Crippen MR) is 180 cm³/mol. The molecule has 5 nitrogen and oxygen atoms in total. The molecule has 0 saturated heterocycles. The molecule has 7 aromatic rings. The van der Waals surface area contributed by atoms with Crippen molar-refractivity contribution in [2.24, 2.45) is 0 Å². The van der Waals surface area contributed by atoms with E-state index < -0.39 is 0 Å². The van der Waals surface area contributed by atoms with Crippen LogP contribution in [0.5, 0.6) is 0 Å². The molecule has 3 aliphatic rings. The third kappa shape index (κ3) is 3.32. The van der Waals surface area contributed by atoms with Crippen LogP contribution in [0, 0.1) is 0 Å². The summed E-state index contributed by atoms with van der Waals surface area (Å²) in [4.78, 5) is 7.49. The zero-order chi connectivity index (χ0) is 28.8. The molecule has 2 N–H and O–H groups in total. The van der Waals surface area contributed by atoms with Gasteiger partial charge in [0.05, 0.1) is 34.0 Å². The molecule has 5 heterocycles. The molecule has 1 atom stereocenters. The summed E-state index contributed by atoms with van der Waals surface area (Å²) in [6.45, 7) is 0.824. The van der Waals surface area contributed by atoms with E-state index in [-0.39, 0.29) is 6.17 Å². The summed E-state index contributed by atoms with van der Waals surface area (Å²) in [7, 11) is 0. The lowest BCUT2D eigenvalue weighted by Gasteiger charge is -2.32. The molecule has 0 radical (unpaired) electrons. The summed E-state index contributed by atoms with van der Waals surface area (Å²) < 4.78 is 6.60. The number of fused-ring (bicyclic) bond motifs is 13. The van der Waals surface area contributed by atoms with Gasteiger partial charge in [0.2, 0.25) is 0 Å². The second kappa shape index (κ2) is 8.85. The highest BCUT2D eigenvalue weighted by Gasteiger charge is 2.40. The molecule has 3 aliphatic heterocycles. The molecule has 1 unspecified atom stereocenters. The fraction of sp³-hybridized carbons (Fsp3) is 0.0513. The monoisotopic (exact) mass is 566 g/mol. The van der Waals surface area contributed by atoms with Crippen LogP contribution in [-0.2, 0) is 0 Å². The van der Waals surface area contributed by atoms with E-state index in [0.29, 0.717) is 0 Å². The van der Waals surface area contributed by atoms with Crippen molar-refractivity contribution in [2.75, 3.05) is 22.1 Å². The average molecular weight is 567 g/mol. The normalized spacial score (nSPS) is 15.6. The Morgan fingerprint density at radius 1 is 0.773 bits per heavy atom. The van der Waals surface area contributed by atoms with Gasteiger partial charge in [-0.05, 0) is 47.0 Å². The lowest BCUT2D eigenvalue weighted by atomic mass is 9.95. The second-order valence-corrected chi connectivity index (χ2v) is 11.7. The molecule has 0 bridgehead atoms. The minimum atomic E-state index is 0.0196. The Bertz CT molecular complexity index is 2330. The number of nitrogens with zero attached hydrogens (tertiary/aromatic N) is 2. The number of nitrogens with one attached hydrogen (secondary N) is 2. The van der Waals surface area contributed by atoms with E-state index in [1.54, 1.807) is 0 Å². The molecule has 2 aromatic heterocycles. The highest BCUT2D eigenvalue weighted by Crippen LogP contribution is 2.57. The molecule has 5 aromatic carbocycles. The van der Waals surface area contributed by atoms with Gasteiger partial charge < -0.3 is 20.0 Å². The van der Waals surface area contributed by atoms with Gasteiger partial charge in [0.1, 0.15) is 11.7 Å². The van der Waals surface area contributed by atoms with Crippen molar-refractivity contribution in [3.63, 3.8) is 0 Å². The maximum absolute atomic E-state index is 6.60. The summed E-state index contributed by atoms with van der Waals surface area (Å²) in [6, 6.07) is 40.9. The lowest BCUT2D eigenvalue weighted by molar-refractivity contribution is 0.622. The third-order valence-corrected chi connectivity index (χ3v) is 9.22. The van der Waals surface area contributed by atoms with Gasteiger partial charge in [-0.25, -0.2) is 4.98 Å². The molecule has 0 aliphatic carbocycles. The zero-order valence-electron chi connectivity index (χ0n) is 23.7. The number of anilines is 4. The van der Waals surface area contributed by atoms with Crippen LogP contribution in [-0.4, -0.2) is 11.5 Å². The number of hydrogen-bond acceptors (Lipinski definition) is 5. The summed E-state index contributed by atoms with van der Waals surface area (Å²) in [5.41, 5.74) is 14.4. The van der Waals surface area contributed by atoms with Crippen molar-refractivity contribution in [1.82, 2.24) is 4.98 Å². The van der Waals surface area contributed by atoms with E-state index >= 15 is 0 Å². The van der Waals surface area contributed by atoms with Gasteiger partial charge in [0.15, 0.2) is 5.76 Å². The summed E-state index contributed by atoms with van der Waals surface area (Å²) in [5, 5.41) is 9.52. The Labute approximate surface area is 254 Å². The van der Waals surface area contributed by atoms with Crippen molar-refractivity contribution in [3.8, 4) is 33.7 Å². The summed E-state index contributed by atoms with van der Waals surface area (Å²) >= 11 is 0. The minimum Gasteiger partial charge on any atom is -0.454 e. The number of para-hydroxylation sites is 2. The van der Waals surface area contributed by atoms with Crippen molar-refractivity contribution in [1.29, 1.82) is 0 Å². The number of rotatable bonds is 2. The molecule has 0 fully saturated rings. The highest BCUT2D eigenvalue weighted by molar-refractivity contribution is 6.07. The number of aromatic nitrogens is 1. The molecular formula is C39H26N4O. The molecule has 0 amide bonds. The predicted octanol–water partition coefficient (Wildman–Crippen LogP) is 10.00. The van der Waals surface area contributed by atoms with Crippen LogP contribution in [0.4, 0.5) is 22.7 Å². The van der Waals surface area contributed by atoms with Gasteiger partial charge >= 0.3 is 0 Å². The summed E-state index contributed by atoms with van der Waals surface area (Å²) in [6.07, 6.45) is 4.33. The van der Waals surface area contributed by atoms with Gasteiger partial charge in [-0.2, -0.15) is 0 Å². The first-order valence-corrected chi connectivity index (χ1v) is 15.1. The van der Waals surface area contributed by atoms with E-state index in [4.69, 9.17) is 9.40 Å². The maximum Gasteiger partial charge on any atom is 0.159 e. The van der Waals surface area contributed by atoms with Crippen LogP contribution >= 0.6 is 0 Å². The van der Waals surface area contributed by atoms with Crippen LogP contribution in [0.25, 0.3) is 61.7 Å². The largest absolute Gasteiger partial charge is 0.454 e. The van der Waals surface area contributed by atoms with E-state index in [1.807, 2.05) is 0 Å². The molecule has 208 valence electrons. The van der Waals surface area contributed by atoms with Crippen molar-refractivity contribution in [3.05, 3.63) is 132 Å². The lowest BCUT2D eigenvalue weighted by Crippen LogP contribution is -2.27. The number of furan rings is 1. The number of benzene rings is 5. The first kappa shape index (κ1) is 23.7. The smallest absolute Gasteiger partial charge is 0.159 e. The Balaban J connectivity index is 1.07. The summed E-state index contributed by atoms with van der Waals surface area (Å²) in [5.74, 6) is 0.924. The second-order valence-electron chi connectivity index (χ2n) is 11.7. The van der Waals surface area contributed by atoms with E-state index in [1.165, 1.54) is 16.8 Å². The molecule has 10 rings (SSSR count). The Morgan fingerprint density at radius 2 is 1.59 bits per heavy atom. The average Bonchev–Trinajstić information content (AvgIpc) is 3.67. The van der Waals surface area contributed by atoms with E-state index in [2.05, 4.69) is 143 Å². The minimum absolute atomic E-state index is 0.0196. The Morgan fingerprint density at radius 3 is 2.55 bits per heavy atom. The zero-order valence-corrected chi connectivity index (χ0v) is 23.7. The fourth-order valence-electron chi connectivity index (χ4n) is 7.12. The Hall–Kier alpha value is -5.81. The first-order valence-electron chi connectivity index (χ1n) is 15.1. The van der Waals surface area contributed by atoms with Crippen molar-refractivity contribution < 1.29 is 4.42 Å². The fourth-order valence-corrected chi connectivity index (χ4v) is 7.12. The van der Waals surface area contributed by atoms with Gasteiger partial charge in [0.25, 0.3) is 0 Å². The maximum atomic E-state index is 6.60. The first-order chi connectivity index (χ1) is 21.8.